The Balaban J connectivity index is 1.83. The van der Waals surface area contributed by atoms with E-state index in [9.17, 15) is 0 Å². The van der Waals surface area contributed by atoms with E-state index in [0.29, 0.717) is 6.42 Å². The summed E-state index contributed by atoms with van der Waals surface area (Å²) in [5.74, 6) is 6.08. The molecule has 0 aromatic carbocycles. The first kappa shape index (κ1) is 16.5. The zero-order chi connectivity index (χ0) is 15.3. The highest BCUT2D eigenvalue weighted by Crippen LogP contribution is 2.20. The Hall–Kier alpha value is -0.860. The fraction of sp³-hybridized carbons (Fsp3) is 0.647. The van der Waals surface area contributed by atoms with Crippen LogP contribution in [0.4, 0.5) is 0 Å². The summed E-state index contributed by atoms with van der Waals surface area (Å²) in [4.78, 5) is 6.47. The molecule has 1 aromatic rings. The van der Waals surface area contributed by atoms with E-state index < -0.39 is 0 Å². The summed E-state index contributed by atoms with van der Waals surface area (Å²) in [6.45, 7) is 12.6. The fourth-order valence-electron chi connectivity index (χ4n) is 2.55. The molecule has 1 saturated heterocycles. The van der Waals surface area contributed by atoms with E-state index in [1.807, 2.05) is 0 Å². The average molecular weight is 306 g/mol. The third kappa shape index (κ3) is 5.12. The van der Waals surface area contributed by atoms with Crippen molar-refractivity contribution < 1.29 is 5.11 Å². The van der Waals surface area contributed by atoms with Crippen LogP contribution in [0.25, 0.3) is 0 Å². The minimum absolute atomic E-state index is 0.141. The third-order valence-corrected chi connectivity index (χ3v) is 4.75. The van der Waals surface area contributed by atoms with Crippen LogP contribution in [0.3, 0.4) is 0 Å². The van der Waals surface area contributed by atoms with Crippen LogP contribution in [0.15, 0.2) is 11.4 Å². The maximum absolute atomic E-state index is 8.73. The molecule has 3 nitrogen and oxygen atoms in total. The van der Waals surface area contributed by atoms with E-state index in [-0.39, 0.29) is 12.1 Å². The lowest BCUT2D eigenvalue weighted by atomic mass is 10.1. The monoisotopic (exact) mass is 306 g/mol. The van der Waals surface area contributed by atoms with Crippen LogP contribution in [0.2, 0.25) is 0 Å². The number of hydrogen-bond acceptors (Lipinski definition) is 4. The van der Waals surface area contributed by atoms with Gasteiger partial charge in [-0.05, 0) is 26.8 Å². The summed E-state index contributed by atoms with van der Waals surface area (Å²) in [7, 11) is 0. The highest BCUT2D eigenvalue weighted by atomic mass is 32.1. The molecular weight excluding hydrogens is 280 g/mol. The maximum Gasteiger partial charge on any atom is 0.0540 e. The average Bonchev–Trinajstić information content (AvgIpc) is 2.86. The van der Waals surface area contributed by atoms with Gasteiger partial charge in [-0.3, -0.25) is 9.80 Å². The van der Waals surface area contributed by atoms with Gasteiger partial charge in [0.05, 0.1) is 6.61 Å². The Morgan fingerprint density at radius 1 is 1.24 bits per heavy atom. The lowest BCUT2D eigenvalue weighted by Crippen LogP contribution is -2.53. The quantitative estimate of drug-likeness (QED) is 0.869. The molecule has 0 atom stereocenters. The zero-order valence-electron chi connectivity index (χ0n) is 13.4. The molecule has 0 bridgehead atoms. The molecule has 0 spiro atoms. The van der Waals surface area contributed by atoms with E-state index in [1.54, 1.807) is 11.3 Å². The molecule has 1 fully saturated rings. The summed E-state index contributed by atoms with van der Waals surface area (Å²) in [6, 6.07) is 2.19. The molecule has 116 valence electrons. The Labute approximate surface area is 132 Å². The second-order valence-corrected chi connectivity index (χ2v) is 7.51. The molecule has 0 radical (unpaired) electrons. The zero-order valence-corrected chi connectivity index (χ0v) is 14.2. The molecule has 2 rings (SSSR count). The Morgan fingerprint density at radius 2 is 1.95 bits per heavy atom. The van der Waals surface area contributed by atoms with Gasteiger partial charge in [0.2, 0.25) is 0 Å². The highest BCUT2D eigenvalue weighted by Gasteiger charge is 2.25. The first-order valence-electron chi connectivity index (χ1n) is 7.63. The molecule has 4 heteroatoms. The van der Waals surface area contributed by atoms with Crippen molar-refractivity contribution in [1.29, 1.82) is 0 Å². The predicted molar refractivity (Wildman–Crippen MR) is 89.5 cm³/mol. The summed E-state index contributed by atoms with van der Waals surface area (Å²) < 4.78 is 0. The SMILES string of the molecule is CC(C)(C)N1CCN(Cc2cc(C#CCCO)cs2)CC1. The van der Waals surface area contributed by atoms with Gasteiger partial charge in [0.15, 0.2) is 0 Å². The van der Waals surface area contributed by atoms with Crippen molar-refractivity contribution in [3.63, 3.8) is 0 Å². The van der Waals surface area contributed by atoms with Gasteiger partial charge >= 0.3 is 0 Å². The fourth-order valence-corrected chi connectivity index (χ4v) is 3.40. The number of piperazine rings is 1. The Kier molecular flexibility index (Phi) is 5.83. The first-order valence-corrected chi connectivity index (χ1v) is 8.51. The van der Waals surface area contributed by atoms with E-state index in [4.69, 9.17) is 5.11 Å². The molecule has 0 saturated carbocycles. The van der Waals surface area contributed by atoms with Crippen LogP contribution >= 0.6 is 11.3 Å². The Morgan fingerprint density at radius 3 is 2.57 bits per heavy atom. The summed E-state index contributed by atoms with van der Waals surface area (Å²) in [5, 5.41) is 10.9. The van der Waals surface area contributed by atoms with Crippen molar-refractivity contribution in [2.24, 2.45) is 0 Å². The van der Waals surface area contributed by atoms with E-state index in [0.717, 1.165) is 38.3 Å². The standard InChI is InChI=1S/C17H26N2OS/c1-17(2,3)19-9-7-18(8-10-19)13-16-12-15(14-21-16)6-4-5-11-20/h12,14,20H,5,7-11,13H2,1-3H3. The molecular formula is C17H26N2OS. The lowest BCUT2D eigenvalue weighted by Gasteiger charge is -2.42. The van der Waals surface area contributed by atoms with Gasteiger partial charge in [-0.2, -0.15) is 0 Å². The summed E-state index contributed by atoms with van der Waals surface area (Å²) in [6.07, 6.45) is 0.555. The predicted octanol–water partition coefficient (Wildman–Crippen LogP) is 2.40. The second kappa shape index (κ2) is 7.42. The first-order chi connectivity index (χ1) is 9.99. The third-order valence-electron chi connectivity index (χ3n) is 3.82. The molecule has 0 amide bonds. The van der Waals surface area contributed by atoms with Crippen molar-refractivity contribution in [2.45, 2.75) is 39.3 Å². The summed E-state index contributed by atoms with van der Waals surface area (Å²) >= 11 is 1.79. The topological polar surface area (TPSA) is 26.7 Å². The second-order valence-electron chi connectivity index (χ2n) is 6.51. The molecule has 1 N–H and O–H groups in total. The van der Waals surface area contributed by atoms with Crippen molar-refractivity contribution in [1.82, 2.24) is 9.80 Å². The van der Waals surface area contributed by atoms with Crippen LogP contribution in [0.5, 0.6) is 0 Å². The Bertz CT molecular complexity index is 499. The number of aliphatic hydroxyl groups is 1. The molecule has 21 heavy (non-hydrogen) atoms. The highest BCUT2D eigenvalue weighted by molar-refractivity contribution is 7.10. The molecule has 1 aliphatic rings. The van der Waals surface area contributed by atoms with Gasteiger partial charge in [0.1, 0.15) is 0 Å². The lowest BCUT2D eigenvalue weighted by molar-refractivity contribution is 0.0595. The van der Waals surface area contributed by atoms with E-state index >= 15 is 0 Å². The van der Waals surface area contributed by atoms with Crippen LogP contribution in [-0.4, -0.2) is 53.2 Å². The molecule has 0 unspecified atom stereocenters. The van der Waals surface area contributed by atoms with Gasteiger partial charge in [-0.25, -0.2) is 0 Å². The van der Waals surface area contributed by atoms with Gasteiger partial charge < -0.3 is 5.11 Å². The van der Waals surface area contributed by atoms with Crippen LogP contribution in [-0.2, 0) is 6.54 Å². The van der Waals surface area contributed by atoms with Crippen molar-refractivity contribution in [3.8, 4) is 11.8 Å². The molecule has 2 heterocycles. The van der Waals surface area contributed by atoms with Crippen molar-refractivity contribution in [2.75, 3.05) is 32.8 Å². The van der Waals surface area contributed by atoms with Gasteiger partial charge in [0.25, 0.3) is 0 Å². The van der Waals surface area contributed by atoms with E-state index in [2.05, 4.69) is 53.9 Å². The number of aliphatic hydroxyl groups excluding tert-OH is 1. The summed E-state index contributed by atoms with van der Waals surface area (Å²) in [5.41, 5.74) is 1.36. The molecule has 1 aliphatic heterocycles. The number of thiophene rings is 1. The number of nitrogens with zero attached hydrogens (tertiary/aromatic N) is 2. The normalized spacial score (nSPS) is 17.5. The smallest absolute Gasteiger partial charge is 0.0540 e. The molecule has 1 aromatic heterocycles. The van der Waals surface area contributed by atoms with Crippen LogP contribution in [0.1, 0.15) is 37.6 Å². The van der Waals surface area contributed by atoms with Crippen molar-refractivity contribution >= 4 is 11.3 Å². The molecule has 0 aliphatic carbocycles. The van der Waals surface area contributed by atoms with Crippen LogP contribution in [0, 0.1) is 11.8 Å². The minimum Gasteiger partial charge on any atom is -0.395 e. The maximum atomic E-state index is 8.73. The van der Waals surface area contributed by atoms with Crippen molar-refractivity contribution in [3.05, 3.63) is 21.9 Å². The van der Waals surface area contributed by atoms with Gasteiger partial charge in [0, 0.05) is 60.5 Å². The number of rotatable bonds is 3. The van der Waals surface area contributed by atoms with Crippen LogP contribution < -0.4 is 0 Å². The van der Waals surface area contributed by atoms with Gasteiger partial charge in [-0.15, -0.1) is 11.3 Å². The minimum atomic E-state index is 0.141. The van der Waals surface area contributed by atoms with E-state index in [1.165, 1.54) is 4.88 Å². The number of hydrogen-bond donors (Lipinski definition) is 1. The van der Waals surface area contributed by atoms with Gasteiger partial charge in [-0.1, -0.05) is 11.8 Å². The largest absolute Gasteiger partial charge is 0.395 e.